The molecule has 1 saturated heterocycles. The molecule has 3 aromatic heterocycles. The number of hydrogen-bond acceptors (Lipinski definition) is 7. The molecule has 0 spiro atoms. The number of ether oxygens (including phenoxy) is 1. The van der Waals surface area contributed by atoms with Crippen molar-refractivity contribution in [1.82, 2.24) is 35.0 Å². The number of methoxy groups -OCH3 is 1. The molecule has 43 heavy (non-hydrogen) atoms. The number of alkyl halides is 2. The summed E-state index contributed by atoms with van der Waals surface area (Å²) in [6.07, 6.45) is 5.84. The van der Waals surface area contributed by atoms with E-state index in [2.05, 4.69) is 15.7 Å². The topological polar surface area (TPSA) is 133 Å². The van der Waals surface area contributed by atoms with Crippen molar-refractivity contribution >= 4 is 23.4 Å². The maximum atomic E-state index is 14.1. The van der Waals surface area contributed by atoms with Crippen LogP contribution in [0.4, 0.5) is 8.78 Å². The van der Waals surface area contributed by atoms with Crippen molar-refractivity contribution in [1.29, 1.82) is 0 Å². The molecule has 2 saturated carbocycles. The molecule has 13 heteroatoms. The van der Waals surface area contributed by atoms with E-state index in [-0.39, 0.29) is 55.8 Å². The first-order valence-electron chi connectivity index (χ1n) is 15.0. The Balaban J connectivity index is 1.30. The number of imidazole rings is 1. The summed E-state index contributed by atoms with van der Waals surface area (Å²) in [4.78, 5) is 44.3. The third-order valence-corrected chi connectivity index (χ3v) is 9.40. The Hall–Kier alpha value is -3.90. The molecular weight excluding hydrogens is 560 g/mol. The van der Waals surface area contributed by atoms with Crippen LogP contribution in [0.2, 0.25) is 0 Å². The van der Waals surface area contributed by atoms with Gasteiger partial charge in [0.2, 0.25) is 11.8 Å². The average molecular weight is 598 g/mol. The van der Waals surface area contributed by atoms with Crippen molar-refractivity contribution < 1.29 is 27.9 Å². The lowest BCUT2D eigenvalue weighted by Gasteiger charge is -2.37. The highest BCUT2D eigenvalue weighted by molar-refractivity contribution is 6.03. The molecule has 3 fully saturated rings. The lowest BCUT2D eigenvalue weighted by Crippen LogP contribution is -2.55. The molecule has 2 aliphatic carbocycles. The van der Waals surface area contributed by atoms with Gasteiger partial charge in [0.1, 0.15) is 5.69 Å². The van der Waals surface area contributed by atoms with Gasteiger partial charge in [0.05, 0.1) is 30.7 Å². The van der Waals surface area contributed by atoms with Gasteiger partial charge in [-0.15, -0.1) is 0 Å². The lowest BCUT2D eigenvalue weighted by atomic mass is 9.71. The maximum absolute atomic E-state index is 14.1. The summed E-state index contributed by atoms with van der Waals surface area (Å²) in [5.41, 5.74) is 0.506. The molecule has 1 unspecified atom stereocenters. The van der Waals surface area contributed by atoms with Crippen LogP contribution in [0.5, 0.6) is 0 Å². The molecule has 230 valence electrons. The fourth-order valence-corrected chi connectivity index (χ4v) is 6.82. The van der Waals surface area contributed by atoms with Gasteiger partial charge >= 0.3 is 5.97 Å². The molecule has 2 amide bonds. The van der Waals surface area contributed by atoms with E-state index in [9.17, 15) is 23.2 Å². The number of carbonyl (C=O) groups is 3. The van der Waals surface area contributed by atoms with Crippen LogP contribution in [-0.4, -0.2) is 61.7 Å². The van der Waals surface area contributed by atoms with Gasteiger partial charge in [-0.25, -0.2) is 18.3 Å². The summed E-state index contributed by atoms with van der Waals surface area (Å²) >= 11 is 0. The predicted octanol–water partition coefficient (Wildman–Crippen LogP) is 3.49. The first kappa shape index (κ1) is 29.2. The minimum absolute atomic E-state index is 0.0665. The minimum atomic E-state index is -2.72. The van der Waals surface area contributed by atoms with Crippen molar-refractivity contribution in [3.8, 4) is 0 Å². The molecule has 3 atom stereocenters. The molecule has 4 heterocycles. The number of nitrogens with one attached hydrogen (secondary N) is 2. The quantitative estimate of drug-likeness (QED) is 0.285. The summed E-state index contributed by atoms with van der Waals surface area (Å²) in [5, 5.41) is 14.8. The fourth-order valence-electron chi connectivity index (χ4n) is 6.82. The van der Waals surface area contributed by atoms with E-state index in [0.29, 0.717) is 48.2 Å². The summed E-state index contributed by atoms with van der Waals surface area (Å²) in [5.74, 6) is -3.56. The molecule has 0 bridgehead atoms. The molecule has 3 aromatic rings. The Morgan fingerprint density at radius 2 is 1.93 bits per heavy atom. The third kappa shape index (κ3) is 5.73. The Morgan fingerprint density at radius 3 is 2.63 bits per heavy atom. The summed E-state index contributed by atoms with van der Waals surface area (Å²) in [6.45, 7) is 2.94. The zero-order valence-electron chi connectivity index (χ0n) is 24.4. The monoisotopic (exact) mass is 597 g/mol. The van der Waals surface area contributed by atoms with Gasteiger partial charge in [-0.1, -0.05) is 0 Å². The fraction of sp³-hybridized carbons (Fsp3) is 0.600. The second-order valence-corrected chi connectivity index (χ2v) is 12.2. The van der Waals surface area contributed by atoms with Crippen molar-refractivity contribution in [3.05, 3.63) is 47.7 Å². The first-order valence-corrected chi connectivity index (χ1v) is 15.0. The molecule has 11 nitrogen and oxygen atoms in total. The van der Waals surface area contributed by atoms with Gasteiger partial charge in [-0.05, 0) is 75.0 Å². The summed E-state index contributed by atoms with van der Waals surface area (Å²) in [7, 11) is 1.29. The van der Waals surface area contributed by atoms with Gasteiger partial charge in [0, 0.05) is 38.5 Å². The van der Waals surface area contributed by atoms with Crippen LogP contribution >= 0.6 is 0 Å². The third-order valence-electron chi connectivity index (χ3n) is 9.40. The van der Waals surface area contributed by atoms with E-state index in [1.165, 1.54) is 7.11 Å². The van der Waals surface area contributed by atoms with Crippen LogP contribution < -0.4 is 10.6 Å². The SMILES string of the molecule is CCn1nccc1C(=O)N[C@H](c1cn2nc(C[C@]3(C(=O)OC)CC(C4CC4)CNC3=O)ccc2n1)C1CCC(F)(F)CC1. The first-order chi connectivity index (χ1) is 20.6. The van der Waals surface area contributed by atoms with Crippen LogP contribution in [0, 0.1) is 23.2 Å². The van der Waals surface area contributed by atoms with Crippen molar-refractivity contribution in [2.24, 2.45) is 23.2 Å². The molecule has 0 aromatic carbocycles. The number of nitrogens with zero attached hydrogens (tertiary/aromatic N) is 5. The summed E-state index contributed by atoms with van der Waals surface area (Å²) < 4.78 is 36.4. The molecule has 0 radical (unpaired) electrons. The maximum Gasteiger partial charge on any atom is 0.321 e. The van der Waals surface area contributed by atoms with Crippen LogP contribution in [-0.2, 0) is 27.3 Å². The number of esters is 1. The van der Waals surface area contributed by atoms with Crippen LogP contribution in [0.25, 0.3) is 5.65 Å². The second-order valence-electron chi connectivity index (χ2n) is 12.2. The van der Waals surface area contributed by atoms with Gasteiger partial charge in [-0.2, -0.15) is 10.2 Å². The Labute approximate surface area is 247 Å². The van der Waals surface area contributed by atoms with E-state index in [0.717, 1.165) is 12.8 Å². The van der Waals surface area contributed by atoms with Gasteiger partial charge < -0.3 is 15.4 Å². The van der Waals surface area contributed by atoms with Crippen molar-refractivity contribution in [2.75, 3.05) is 13.7 Å². The van der Waals surface area contributed by atoms with E-state index < -0.39 is 23.3 Å². The van der Waals surface area contributed by atoms with Crippen LogP contribution in [0.1, 0.15) is 79.8 Å². The molecular formula is C30H37F2N7O4. The number of fused-ring (bicyclic) bond motifs is 1. The highest BCUT2D eigenvalue weighted by Gasteiger charge is 2.53. The Morgan fingerprint density at radius 1 is 1.16 bits per heavy atom. The van der Waals surface area contributed by atoms with Gasteiger partial charge in [0.25, 0.3) is 5.91 Å². The van der Waals surface area contributed by atoms with E-state index in [1.54, 1.807) is 39.8 Å². The second kappa shape index (κ2) is 11.3. The number of piperidine rings is 1. The number of aromatic nitrogens is 5. The molecule has 6 rings (SSSR count). The van der Waals surface area contributed by atoms with Gasteiger partial charge in [-0.3, -0.25) is 19.1 Å². The molecule has 2 N–H and O–H groups in total. The molecule has 3 aliphatic rings. The zero-order chi connectivity index (χ0) is 30.4. The number of carbonyl (C=O) groups excluding carboxylic acids is 3. The smallest absolute Gasteiger partial charge is 0.321 e. The van der Waals surface area contributed by atoms with Crippen LogP contribution in [0.15, 0.2) is 30.6 Å². The zero-order valence-corrected chi connectivity index (χ0v) is 24.4. The number of halogens is 2. The number of aryl methyl sites for hydroxylation is 1. The number of amides is 2. The number of rotatable bonds is 9. The number of hydrogen-bond donors (Lipinski definition) is 2. The van der Waals surface area contributed by atoms with Crippen molar-refractivity contribution in [3.63, 3.8) is 0 Å². The predicted molar refractivity (Wildman–Crippen MR) is 150 cm³/mol. The van der Waals surface area contributed by atoms with Crippen molar-refractivity contribution in [2.45, 2.75) is 76.8 Å². The normalized spacial score (nSPS) is 24.8. The summed E-state index contributed by atoms with van der Waals surface area (Å²) in [6, 6.07) is 4.48. The van der Waals surface area contributed by atoms with Gasteiger partial charge in [0.15, 0.2) is 11.1 Å². The Kier molecular flexibility index (Phi) is 7.67. The van der Waals surface area contributed by atoms with E-state index in [4.69, 9.17) is 14.8 Å². The highest BCUT2D eigenvalue weighted by Crippen LogP contribution is 2.46. The lowest BCUT2D eigenvalue weighted by molar-refractivity contribution is -0.162. The van der Waals surface area contributed by atoms with E-state index >= 15 is 0 Å². The standard InChI is InChI=1S/C30H37F2N7O4/c1-3-38-23(10-13-34-38)26(40)36-25(19-8-11-30(31,32)12-9-19)22-17-39-24(35-22)7-6-21(37-39)15-29(28(42)43-2)14-20(18-4-5-18)16-33-27(29)41/h6-7,10,13,17-20,25H,3-5,8-9,11-12,14-16H2,1-2H3,(H,33,41)(H,36,40)/t20?,25-,29+/m0/s1. The highest BCUT2D eigenvalue weighted by atomic mass is 19.3. The molecule has 1 aliphatic heterocycles. The Bertz CT molecular complexity index is 1510. The van der Waals surface area contributed by atoms with E-state index in [1.807, 2.05) is 6.92 Å². The average Bonchev–Trinajstić information content (AvgIpc) is 3.58. The van der Waals surface area contributed by atoms with Crippen LogP contribution in [0.3, 0.4) is 0 Å². The largest absolute Gasteiger partial charge is 0.468 e. The minimum Gasteiger partial charge on any atom is -0.468 e.